The second kappa shape index (κ2) is 10.3. The summed E-state index contributed by atoms with van der Waals surface area (Å²) in [5.41, 5.74) is 0.611. The minimum absolute atomic E-state index is 0.118. The third-order valence-corrected chi connectivity index (χ3v) is 8.46. The van der Waals surface area contributed by atoms with Crippen molar-refractivity contribution in [3.63, 3.8) is 0 Å². The molecule has 0 aliphatic carbocycles. The molecule has 0 saturated carbocycles. The van der Waals surface area contributed by atoms with Crippen molar-refractivity contribution >= 4 is 21.6 Å². The third-order valence-electron chi connectivity index (χ3n) is 6.55. The highest BCUT2D eigenvalue weighted by atomic mass is 32.2. The van der Waals surface area contributed by atoms with Crippen molar-refractivity contribution in [2.24, 2.45) is 0 Å². The average molecular weight is 563 g/mol. The van der Waals surface area contributed by atoms with Gasteiger partial charge in [0.1, 0.15) is 12.1 Å². The summed E-state index contributed by atoms with van der Waals surface area (Å²) in [6.07, 6.45) is -0.996. The number of nitrogens with zero attached hydrogens (tertiary/aromatic N) is 6. The summed E-state index contributed by atoms with van der Waals surface area (Å²) >= 11 is 0. The zero-order valence-corrected chi connectivity index (χ0v) is 21.9. The Hall–Kier alpha value is -3.91. The van der Waals surface area contributed by atoms with Gasteiger partial charge in [-0.15, -0.1) is 0 Å². The zero-order chi connectivity index (χ0) is 27.8. The molecule has 0 bridgehead atoms. The smallest absolute Gasteiger partial charge is 0.416 e. The van der Waals surface area contributed by atoms with E-state index >= 15 is 0 Å². The van der Waals surface area contributed by atoms with Gasteiger partial charge < -0.3 is 14.4 Å². The maximum atomic E-state index is 13.3. The van der Waals surface area contributed by atoms with Gasteiger partial charge >= 0.3 is 6.18 Å². The third kappa shape index (κ3) is 5.08. The number of anilines is 1. The summed E-state index contributed by atoms with van der Waals surface area (Å²) in [6.45, 7) is 1.13. The molecule has 4 aromatic rings. The molecular weight excluding hydrogens is 537 g/mol. The quantitative estimate of drug-likeness (QED) is 0.351. The molecule has 2 aromatic heterocycles. The first-order chi connectivity index (χ1) is 18.6. The van der Waals surface area contributed by atoms with Crippen LogP contribution in [0.1, 0.15) is 12.0 Å². The van der Waals surface area contributed by atoms with Crippen molar-refractivity contribution in [1.29, 1.82) is 0 Å². The molecule has 10 nitrogen and oxygen atoms in total. The Kier molecular flexibility index (Phi) is 7.07. The number of rotatable bonds is 6. The van der Waals surface area contributed by atoms with E-state index in [0.717, 1.165) is 35.4 Å². The van der Waals surface area contributed by atoms with E-state index in [9.17, 15) is 21.6 Å². The van der Waals surface area contributed by atoms with Crippen LogP contribution in [0.25, 0.3) is 16.9 Å². The number of ether oxygens (including phenoxy) is 2. The summed E-state index contributed by atoms with van der Waals surface area (Å²) in [4.78, 5) is 10.4. The Bertz CT molecular complexity index is 1590. The monoisotopic (exact) mass is 562 g/mol. The fourth-order valence-corrected chi connectivity index (χ4v) is 6.06. The summed E-state index contributed by atoms with van der Waals surface area (Å²) < 4.78 is 79.2. The highest BCUT2D eigenvalue weighted by molar-refractivity contribution is 7.89. The van der Waals surface area contributed by atoms with Gasteiger partial charge in [0, 0.05) is 37.9 Å². The van der Waals surface area contributed by atoms with E-state index in [-0.39, 0.29) is 18.0 Å². The van der Waals surface area contributed by atoms with Gasteiger partial charge in [-0.3, -0.25) is 0 Å². The Balaban J connectivity index is 1.47. The van der Waals surface area contributed by atoms with E-state index in [4.69, 9.17) is 9.47 Å². The van der Waals surface area contributed by atoms with Crippen molar-refractivity contribution in [1.82, 2.24) is 23.9 Å². The zero-order valence-electron chi connectivity index (χ0n) is 21.1. The molecule has 0 amide bonds. The van der Waals surface area contributed by atoms with Crippen molar-refractivity contribution in [2.45, 2.75) is 17.5 Å². The molecule has 0 radical (unpaired) electrons. The van der Waals surface area contributed by atoms with Gasteiger partial charge in [0.2, 0.25) is 10.0 Å². The first kappa shape index (κ1) is 26.7. The summed E-state index contributed by atoms with van der Waals surface area (Å²) in [6, 6.07) is 9.03. The maximum absolute atomic E-state index is 13.3. The SMILES string of the molecule is COc1ccc(-c2cnc3ncnn3c2N2CCCN(S(=O)(=O)c3ccc(C(F)(F)F)cc3)CC2)cc1OC. The first-order valence-electron chi connectivity index (χ1n) is 12.0. The Labute approximate surface area is 222 Å². The van der Waals surface area contributed by atoms with E-state index in [1.54, 1.807) is 31.0 Å². The van der Waals surface area contributed by atoms with Gasteiger partial charge in [-0.25, -0.2) is 13.4 Å². The van der Waals surface area contributed by atoms with E-state index in [0.29, 0.717) is 42.6 Å². The number of alkyl halides is 3. The lowest BCUT2D eigenvalue weighted by Gasteiger charge is -2.26. The molecule has 1 saturated heterocycles. The van der Waals surface area contributed by atoms with E-state index < -0.39 is 21.8 Å². The van der Waals surface area contributed by atoms with Gasteiger partial charge in [0.25, 0.3) is 5.78 Å². The summed E-state index contributed by atoms with van der Waals surface area (Å²) in [5.74, 6) is 2.16. The Morgan fingerprint density at radius 1 is 0.897 bits per heavy atom. The molecule has 39 heavy (non-hydrogen) atoms. The maximum Gasteiger partial charge on any atom is 0.416 e. The molecule has 1 aliphatic rings. The van der Waals surface area contributed by atoms with Crippen LogP contribution in [0, 0.1) is 0 Å². The predicted octanol–water partition coefficient (Wildman–Crippen LogP) is 3.73. The molecule has 0 unspecified atom stereocenters. The lowest BCUT2D eigenvalue weighted by Crippen LogP contribution is -2.36. The van der Waals surface area contributed by atoms with Crippen LogP contribution in [0.4, 0.5) is 19.0 Å². The lowest BCUT2D eigenvalue weighted by atomic mass is 10.1. The van der Waals surface area contributed by atoms with Crippen molar-refractivity contribution in [2.75, 3.05) is 45.3 Å². The average Bonchev–Trinajstić information content (AvgIpc) is 3.27. The van der Waals surface area contributed by atoms with Crippen LogP contribution < -0.4 is 14.4 Å². The molecule has 1 fully saturated rings. The topological polar surface area (TPSA) is 102 Å². The molecular formula is C25H25F3N6O4S. The number of fused-ring (bicyclic) bond motifs is 1. The van der Waals surface area contributed by atoms with Gasteiger partial charge in [0.15, 0.2) is 11.5 Å². The highest BCUT2D eigenvalue weighted by Gasteiger charge is 2.32. The van der Waals surface area contributed by atoms with Crippen LogP contribution in [0.3, 0.4) is 0 Å². The normalized spacial score (nSPS) is 15.4. The van der Waals surface area contributed by atoms with Crippen LogP contribution in [-0.4, -0.2) is 72.7 Å². The van der Waals surface area contributed by atoms with Crippen molar-refractivity contribution in [3.8, 4) is 22.6 Å². The number of aromatic nitrogens is 4. The molecule has 0 N–H and O–H groups in total. The molecule has 0 spiro atoms. The number of benzene rings is 2. The number of sulfonamides is 1. The lowest BCUT2D eigenvalue weighted by molar-refractivity contribution is -0.137. The van der Waals surface area contributed by atoms with Gasteiger partial charge in [0.05, 0.1) is 24.7 Å². The number of halogens is 3. The molecule has 5 rings (SSSR count). The van der Waals surface area contributed by atoms with Crippen molar-refractivity contribution < 1.29 is 31.1 Å². The van der Waals surface area contributed by atoms with E-state index in [2.05, 4.69) is 15.1 Å². The van der Waals surface area contributed by atoms with Crippen LogP contribution in [0.15, 0.2) is 59.9 Å². The van der Waals surface area contributed by atoms with Crippen LogP contribution in [0.5, 0.6) is 11.5 Å². The summed E-state index contributed by atoms with van der Waals surface area (Å²) in [7, 11) is -0.909. The van der Waals surface area contributed by atoms with Crippen LogP contribution in [-0.2, 0) is 16.2 Å². The molecule has 206 valence electrons. The molecule has 1 aliphatic heterocycles. The van der Waals surface area contributed by atoms with Gasteiger partial charge in [-0.2, -0.15) is 32.1 Å². The van der Waals surface area contributed by atoms with E-state index in [1.807, 2.05) is 17.0 Å². The van der Waals surface area contributed by atoms with Gasteiger partial charge in [-0.1, -0.05) is 6.07 Å². The fourth-order valence-electron chi connectivity index (χ4n) is 4.59. The standard InChI is InChI=1S/C25H25F3N6O4S/c1-37-21-9-4-17(14-22(21)38-2)20-15-29-24-30-16-31-34(24)23(20)32-10-3-11-33(13-12-32)39(35,36)19-7-5-18(6-8-19)25(26,27)28/h4-9,14-16H,3,10-13H2,1-2H3. The Morgan fingerprint density at radius 2 is 1.64 bits per heavy atom. The van der Waals surface area contributed by atoms with E-state index in [1.165, 1.54) is 10.6 Å². The van der Waals surface area contributed by atoms with Gasteiger partial charge in [-0.05, 0) is 48.4 Å². The van der Waals surface area contributed by atoms with Crippen molar-refractivity contribution in [3.05, 3.63) is 60.6 Å². The number of hydrogen-bond acceptors (Lipinski definition) is 8. The van der Waals surface area contributed by atoms with Crippen LogP contribution >= 0.6 is 0 Å². The summed E-state index contributed by atoms with van der Waals surface area (Å²) in [5, 5.41) is 4.35. The largest absolute Gasteiger partial charge is 0.493 e. The predicted molar refractivity (Wildman–Crippen MR) is 136 cm³/mol. The minimum Gasteiger partial charge on any atom is -0.493 e. The molecule has 3 heterocycles. The minimum atomic E-state index is -4.55. The first-order valence-corrected chi connectivity index (χ1v) is 13.4. The van der Waals surface area contributed by atoms with Crippen LogP contribution in [0.2, 0.25) is 0 Å². The molecule has 2 aromatic carbocycles. The fraction of sp³-hybridized carbons (Fsp3) is 0.320. The molecule has 14 heteroatoms. The number of hydrogen-bond donors (Lipinski definition) is 0. The molecule has 0 atom stereocenters. The second-order valence-corrected chi connectivity index (χ2v) is 10.7. The Morgan fingerprint density at radius 3 is 2.33 bits per heavy atom. The number of methoxy groups -OCH3 is 2. The second-order valence-electron chi connectivity index (χ2n) is 8.80. The highest BCUT2D eigenvalue weighted by Crippen LogP contribution is 2.37.